The van der Waals surface area contributed by atoms with Gasteiger partial charge in [-0.05, 0) is 45.1 Å². The third-order valence-electron chi connectivity index (χ3n) is 3.52. The Morgan fingerprint density at radius 1 is 1.38 bits per heavy atom. The molecule has 1 aliphatic rings. The van der Waals surface area contributed by atoms with Crippen molar-refractivity contribution in [2.45, 2.75) is 33.1 Å². The fourth-order valence-corrected chi connectivity index (χ4v) is 2.82. The number of rotatable bonds is 7. The molecule has 0 spiro atoms. The molecule has 0 saturated carbocycles. The molecule has 1 heterocycles. The Morgan fingerprint density at radius 3 is 2.67 bits per heavy atom. The molecule has 6 heteroatoms. The number of likely N-dealkylation sites (tertiary alicyclic amines) is 1. The maximum absolute atomic E-state index is 11.8. The van der Waals surface area contributed by atoms with E-state index < -0.39 is 0 Å². The fourth-order valence-electron chi connectivity index (χ4n) is 2.41. The molecule has 1 aliphatic heterocycles. The lowest BCUT2D eigenvalue weighted by Gasteiger charge is -2.33. The van der Waals surface area contributed by atoms with Crippen LogP contribution in [-0.2, 0) is 9.53 Å². The lowest BCUT2D eigenvalue weighted by molar-refractivity contribution is -0.149. The van der Waals surface area contributed by atoms with E-state index in [2.05, 4.69) is 28.4 Å². The van der Waals surface area contributed by atoms with Gasteiger partial charge in [-0.25, -0.2) is 0 Å². The third kappa shape index (κ3) is 6.59. The smallest absolute Gasteiger partial charge is 0.309 e. The van der Waals surface area contributed by atoms with E-state index in [1.165, 1.54) is 0 Å². The van der Waals surface area contributed by atoms with Gasteiger partial charge in [-0.15, -0.1) is 0 Å². The lowest BCUT2D eigenvalue weighted by Crippen LogP contribution is -2.46. The molecule has 0 aliphatic carbocycles. The number of piperidine rings is 1. The third-order valence-corrected chi connectivity index (χ3v) is 4.21. The SMILES string of the molecule is CCNC(=NCCCSC)N1CCC(C(=O)OCC)CC1. The summed E-state index contributed by atoms with van der Waals surface area (Å²) >= 11 is 1.86. The van der Waals surface area contributed by atoms with Crippen LogP contribution in [0.3, 0.4) is 0 Å². The molecular formula is C15H29N3O2S. The van der Waals surface area contributed by atoms with Crippen molar-refractivity contribution in [3.8, 4) is 0 Å². The van der Waals surface area contributed by atoms with Gasteiger partial charge in [0.25, 0.3) is 0 Å². The van der Waals surface area contributed by atoms with E-state index in [0.717, 1.165) is 57.2 Å². The first-order chi connectivity index (χ1) is 10.2. The maximum atomic E-state index is 11.8. The number of hydrogen-bond acceptors (Lipinski definition) is 4. The van der Waals surface area contributed by atoms with Gasteiger partial charge in [-0.2, -0.15) is 11.8 Å². The van der Waals surface area contributed by atoms with Crippen LogP contribution in [-0.4, -0.2) is 61.6 Å². The summed E-state index contributed by atoms with van der Waals surface area (Å²) in [5.74, 6) is 2.15. The van der Waals surface area contributed by atoms with Crippen molar-refractivity contribution in [2.24, 2.45) is 10.9 Å². The molecule has 0 aromatic heterocycles. The zero-order valence-corrected chi connectivity index (χ0v) is 14.4. The van der Waals surface area contributed by atoms with Crippen molar-refractivity contribution in [1.29, 1.82) is 0 Å². The number of aliphatic imine (C=N–C) groups is 1. The van der Waals surface area contributed by atoms with Gasteiger partial charge in [0.15, 0.2) is 5.96 Å². The van der Waals surface area contributed by atoms with Crippen LogP contribution in [0.1, 0.15) is 33.1 Å². The van der Waals surface area contributed by atoms with Gasteiger partial charge in [0.1, 0.15) is 0 Å². The van der Waals surface area contributed by atoms with Crippen LogP contribution in [0, 0.1) is 5.92 Å². The van der Waals surface area contributed by atoms with Gasteiger partial charge in [0.2, 0.25) is 0 Å². The van der Waals surface area contributed by atoms with E-state index in [-0.39, 0.29) is 11.9 Å². The molecule has 0 bridgehead atoms. The van der Waals surface area contributed by atoms with Crippen LogP contribution in [0.5, 0.6) is 0 Å². The average Bonchev–Trinajstić information content (AvgIpc) is 2.51. The first kappa shape index (κ1) is 18.1. The molecule has 1 N–H and O–H groups in total. The second-order valence-corrected chi connectivity index (χ2v) is 6.08. The largest absolute Gasteiger partial charge is 0.466 e. The van der Waals surface area contributed by atoms with Crippen LogP contribution in [0.4, 0.5) is 0 Å². The summed E-state index contributed by atoms with van der Waals surface area (Å²) in [6.45, 7) is 7.90. The highest BCUT2D eigenvalue weighted by molar-refractivity contribution is 7.98. The van der Waals surface area contributed by atoms with Gasteiger partial charge in [0.05, 0.1) is 12.5 Å². The highest BCUT2D eigenvalue weighted by Crippen LogP contribution is 2.18. The number of carbonyl (C=O) groups is 1. The fraction of sp³-hybridized carbons (Fsp3) is 0.867. The minimum Gasteiger partial charge on any atom is -0.466 e. The Bertz CT molecular complexity index is 329. The Labute approximate surface area is 132 Å². The summed E-state index contributed by atoms with van der Waals surface area (Å²) in [5, 5.41) is 3.35. The molecule has 21 heavy (non-hydrogen) atoms. The van der Waals surface area contributed by atoms with Crippen LogP contribution in [0.25, 0.3) is 0 Å². The number of thioether (sulfide) groups is 1. The van der Waals surface area contributed by atoms with Gasteiger partial charge in [-0.1, -0.05) is 0 Å². The zero-order chi connectivity index (χ0) is 15.5. The normalized spacial score (nSPS) is 16.9. The van der Waals surface area contributed by atoms with Crippen molar-refractivity contribution in [3.05, 3.63) is 0 Å². The van der Waals surface area contributed by atoms with Gasteiger partial charge >= 0.3 is 5.97 Å². The highest BCUT2D eigenvalue weighted by Gasteiger charge is 2.27. The molecular weight excluding hydrogens is 286 g/mol. The number of nitrogens with zero attached hydrogens (tertiary/aromatic N) is 2. The van der Waals surface area contributed by atoms with Crippen LogP contribution < -0.4 is 5.32 Å². The molecule has 1 saturated heterocycles. The summed E-state index contributed by atoms with van der Waals surface area (Å²) in [5.41, 5.74) is 0. The minimum atomic E-state index is -0.0425. The number of guanidine groups is 1. The number of hydrogen-bond donors (Lipinski definition) is 1. The van der Waals surface area contributed by atoms with Crippen molar-refractivity contribution in [3.63, 3.8) is 0 Å². The monoisotopic (exact) mass is 315 g/mol. The van der Waals surface area contributed by atoms with E-state index >= 15 is 0 Å². The van der Waals surface area contributed by atoms with Crippen LogP contribution >= 0.6 is 11.8 Å². The Kier molecular flexibility index (Phi) is 9.30. The van der Waals surface area contributed by atoms with E-state index in [1.54, 1.807) is 0 Å². The molecule has 0 amide bonds. The van der Waals surface area contributed by atoms with E-state index in [0.29, 0.717) is 6.61 Å². The summed E-state index contributed by atoms with van der Waals surface area (Å²) in [6, 6.07) is 0. The molecule has 0 aromatic carbocycles. The number of carbonyl (C=O) groups excluding carboxylic acids is 1. The molecule has 0 aromatic rings. The number of nitrogens with one attached hydrogen (secondary N) is 1. The standard InChI is InChI=1S/C15H29N3O2S/c1-4-16-15(17-9-6-12-21-3)18-10-7-13(8-11-18)14(19)20-5-2/h13H,4-12H2,1-3H3,(H,16,17). The summed E-state index contributed by atoms with van der Waals surface area (Å²) < 4.78 is 5.11. The van der Waals surface area contributed by atoms with Crippen molar-refractivity contribution in [1.82, 2.24) is 10.2 Å². The second kappa shape index (κ2) is 10.8. The van der Waals surface area contributed by atoms with Gasteiger partial charge in [-0.3, -0.25) is 9.79 Å². The lowest BCUT2D eigenvalue weighted by atomic mass is 9.97. The van der Waals surface area contributed by atoms with Crippen molar-refractivity contribution in [2.75, 3.05) is 44.8 Å². The minimum absolute atomic E-state index is 0.0425. The second-order valence-electron chi connectivity index (χ2n) is 5.10. The summed E-state index contributed by atoms with van der Waals surface area (Å²) in [4.78, 5) is 18.7. The molecule has 1 fully saturated rings. The Hall–Kier alpha value is -0.910. The number of esters is 1. The quantitative estimate of drug-likeness (QED) is 0.337. The first-order valence-electron chi connectivity index (χ1n) is 7.91. The van der Waals surface area contributed by atoms with E-state index in [1.807, 2.05) is 18.7 Å². The average molecular weight is 315 g/mol. The molecule has 122 valence electrons. The zero-order valence-electron chi connectivity index (χ0n) is 13.6. The van der Waals surface area contributed by atoms with Crippen molar-refractivity contribution >= 4 is 23.7 Å². The summed E-state index contributed by atoms with van der Waals surface area (Å²) in [7, 11) is 0. The maximum Gasteiger partial charge on any atom is 0.309 e. The van der Waals surface area contributed by atoms with E-state index in [9.17, 15) is 4.79 Å². The predicted molar refractivity (Wildman–Crippen MR) is 89.9 cm³/mol. The van der Waals surface area contributed by atoms with Gasteiger partial charge < -0.3 is 15.0 Å². The number of ether oxygens (including phenoxy) is 1. The van der Waals surface area contributed by atoms with Crippen molar-refractivity contribution < 1.29 is 9.53 Å². The molecule has 0 atom stereocenters. The predicted octanol–water partition coefficient (Wildman–Crippen LogP) is 1.98. The Morgan fingerprint density at radius 2 is 2.10 bits per heavy atom. The van der Waals surface area contributed by atoms with Gasteiger partial charge in [0, 0.05) is 26.2 Å². The van der Waals surface area contributed by atoms with Crippen LogP contribution in [0.2, 0.25) is 0 Å². The molecule has 5 nitrogen and oxygen atoms in total. The topological polar surface area (TPSA) is 53.9 Å². The van der Waals surface area contributed by atoms with Crippen LogP contribution in [0.15, 0.2) is 4.99 Å². The summed E-state index contributed by atoms with van der Waals surface area (Å²) in [6.07, 6.45) is 4.94. The highest BCUT2D eigenvalue weighted by atomic mass is 32.2. The molecule has 1 rings (SSSR count). The van der Waals surface area contributed by atoms with E-state index in [4.69, 9.17) is 4.74 Å². The first-order valence-corrected chi connectivity index (χ1v) is 9.31. The Balaban J connectivity index is 2.45. The molecule has 0 radical (unpaired) electrons. The molecule has 0 unspecified atom stereocenters.